The number of hydrogen-bond donors (Lipinski definition) is 0. The SMILES string of the molecule is c1cc(-c2cccc3ccccc23)cc(N(c2ccc(-n3c4ccccc4c4ccccc43)cc2)c2ccc(-c3ccc4ccccc4c3)c3ccccc23)c1. The van der Waals surface area contributed by atoms with Crippen molar-refractivity contribution < 1.29 is 0 Å². The number of para-hydroxylation sites is 2. The van der Waals surface area contributed by atoms with Gasteiger partial charge in [0.05, 0.1) is 16.7 Å². The summed E-state index contributed by atoms with van der Waals surface area (Å²) in [5.41, 5.74) is 11.7. The molecule has 56 heavy (non-hydrogen) atoms. The largest absolute Gasteiger partial charge is 0.310 e. The minimum absolute atomic E-state index is 1.09. The maximum absolute atomic E-state index is 2.43. The Balaban J connectivity index is 1.11. The van der Waals surface area contributed by atoms with Crippen LogP contribution >= 0.6 is 0 Å². The van der Waals surface area contributed by atoms with E-state index in [-0.39, 0.29) is 0 Å². The third kappa shape index (κ3) is 5.26. The Bertz CT molecular complexity index is 3200. The second-order valence-corrected chi connectivity index (χ2v) is 14.5. The van der Waals surface area contributed by atoms with E-state index in [4.69, 9.17) is 0 Å². The van der Waals surface area contributed by atoms with E-state index in [1.807, 2.05) is 0 Å². The monoisotopic (exact) mass is 712 g/mol. The highest BCUT2D eigenvalue weighted by Gasteiger charge is 2.19. The molecule has 11 rings (SSSR count). The highest BCUT2D eigenvalue weighted by molar-refractivity contribution is 6.10. The summed E-state index contributed by atoms with van der Waals surface area (Å²) in [6.45, 7) is 0. The van der Waals surface area contributed by atoms with Crippen LogP contribution < -0.4 is 4.90 Å². The van der Waals surface area contributed by atoms with Gasteiger partial charge in [0.1, 0.15) is 0 Å². The van der Waals surface area contributed by atoms with Crippen molar-refractivity contribution in [2.75, 3.05) is 4.90 Å². The summed E-state index contributed by atoms with van der Waals surface area (Å²) < 4.78 is 2.38. The summed E-state index contributed by atoms with van der Waals surface area (Å²) in [5, 5.41) is 9.92. The Morgan fingerprint density at radius 3 is 1.64 bits per heavy atom. The molecule has 1 heterocycles. The fraction of sp³-hybridized carbons (Fsp3) is 0. The van der Waals surface area contributed by atoms with E-state index in [0.29, 0.717) is 0 Å². The predicted molar refractivity (Wildman–Crippen MR) is 239 cm³/mol. The minimum Gasteiger partial charge on any atom is -0.310 e. The minimum atomic E-state index is 1.09. The standard InChI is InChI=1S/C54H36N2/c1-2-15-39-35-41(28-27-37(39)13-1)47-33-34-54(49-21-6-5-20-48(47)49)55(44-18-11-17-40(36-44)46-24-12-16-38-14-3-4-19-45(38)46)42-29-31-43(32-30-42)56-52-25-9-7-22-50(52)51-23-8-10-26-53(51)56/h1-36H. The van der Waals surface area contributed by atoms with Gasteiger partial charge in [-0.3, -0.25) is 0 Å². The summed E-state index contributed by atoms with van der Waals surface area (Å²) in [4.78, 5) is 2.43. The van der Waals surface area contributed by atoms with Crippen LogP contribution in [0.5, 0.6) is 0 Å². The van der Waals surface area contributed by atoms with Gasteiger partial charge in [-0.1, -0.05) is 158 Å². The number of hydrogen-bond acceptors (Lipinski definition) is 1. The maximum Gasteiger partial charge on any atom is 0.0541 e. The van der Waals surface area contributed by atoms with Crippen LogP contribution in [0.3, 0.4) is 0 Å². The van der Waals surface area contributed by atoms with E-state index in [9.17, 15) is 0 Å². The first kappa shape index (κ1) is 32.0. The fourth-order valence-electron chi connectivity index (χ4n) is 8.76. The van der Waals surface area contributed by atoms with Gasteiger partial charge in [0.2, 0.25) is 0 Å². The second kappa shape index (κ2) is 13.2. The quantitative estimate of drug-likeness (QED) is 0.167. The topological polar surface area (TPSA) is 8.17 Å². The van der Waals surface area contributed by atoms with Gasteiger partial charge in [0, 0.05) is 33.2 Å². The van der Waals surface area contributed by atoms with Crippen molar-refractivity contribution in [2.45, 2.75) is 0 Å². The third-order valence-electron chi connectivity index (χ3n) is 11.4. The molecule has 0 fully saturated rings. The van der Waals surface area contributed by atoms with Gasteiger partial charge in [-0.05, 0) is 110 Å². The van der Waals surface area contributed by atoms with Crippen molar-refractivity contribution >= 4 is 71.2 Å². The first-order valence-electron chi connectivity index (χ1n) is 19.3. The van der Waals surface area contributed by atoms with Gasteiger partial charge >= 0.3 is 0 Å². The number of rotatable bonds is 6. The van der Waals surface area contributed by atoms with E-state index >= 15 is 0 Å². The molecule has 0 radical (unpaired) electrons. The van der Waals surface area contributed by atoms with Gasteiger partial charge < -0.3 is 9.47 Å². The molecule has 0 unspecified atom stereocenters. The Hall–Kier alpha value is -7.42. The van der Waals surface area contributed by atoms with Crippen molar-refractivity contribution in [1.82, 2.24) is 4.57 Å². The van der Waals surface area contributed by atoms with Gasteiger partial charge in [-0.25, -0.2) is 0 Å². The number of benzene rings is 10. The summed E-state index contributed by atoms with van der Waals surface area (Å²) in [7, 11) is 0. The van der Waals surface area contributed by atoms with Gasteiger partial charge in [0.15, 0.2) is 0 Å². The Kier molecular flexibility index (Phi) is 7.53. The number of nitrogens with zero attached hydrogens (tertiary/aromatic N) is 2. The average molecular weight is 713 g/mol. The van der Waals surface area contributed by atoms with Crippen LogP contribution in [0.1, 0.15) is 0 Å². The van der Waals surface area contributed by atoms with E-state index in [0.717, 1.165) is 22.7 Å². The predicted octanol–water partition coefficient (Wildman–Crippen LogP) is 15.0. The summed E-state index contributed by atoms with van der Waals surface area (Å²) >= 11 is 0. The van der Waals surface area contributed by atoms with Crippen molar-refractivity contribution in [1.29, 1.82) is 0 Å². The molecular weight excluding hydrogens is 677 g/mol. The van der Waals surface area contributed by atoms with Crippen LogP contribution in [0.2, 0.25) is 0 Å². The molecule has 2 heteroatoms. The van der Waals surface area contributed by atoms with Gasteiger partial charge in [0.25, 0.3) is 0 Å². The van der Waals surface area contributed by atoms with Crippen molar-refractivity contribution in [3.8, 4) is 27.9 Å². The molecule has 0 aliphatic rings. The molecule has 0 bridgehead atoms. The van der Waals surface area contributed by atoms with Crippen LogP contribution in [0, 0.1) is 0 Å². The van der Waals surface area contributed by atoms with Crippen LogP contribution in [-0.4, -0.2) is 4.57 Å². The van der Waals surface area contributed by atoms with Crippen LogP contribution in [0.4, 0.5) is 17.1 Å². The fourth-order valence-corrected chi connectivity index (χ4v) is 8.76. The molecule has 10 aromatic carbocycles. The molecule has 1 aromatic heterocycles. The lowest BCUT2D eigenvalue weighted by molar-refractivity contribution is 1.17. The lowest BCUT2D eigenvalue weighted by Crippen LogP contribution is -2.11. The van der Waals surface area contributed by atoms with Crippen molar-refractivity contribution in [3.63, 3.8) is 0 Å². The smallest absolute Gasteiger partial charge is 0.0541 e. The molecule has 0 atom stereocenters. The third-order valence-corrected chi connectivity index (χ3v) is 11.4. The second-order valence-electron chi connectivity index (χ2n) is 14.5. The van der Waals surface area contributed by atoms with Gasteiger partial charge in [-0.2, -0.15) is 0 Å². The van der Waals surface area contributed by atoms with Crippen molar-refractivity contribution in [3.05, 3.63) is 218 Å². The molecule has 262 valence electrons. The molecule has 0 saturated heterocycles. The number of aromatic nitrogens is 1. The van der Waals surface area contributed by atoms with E-state index in [1.54, 1.807) is 0 Å². The zero-order valence-corrected chi connectivity index (χ0v) is 30.7. The molecular formula is C54H36N2. The average Bonchev–Trinajstić information content (AvgIpc) is 3.61. The van der Waals surface area contributed by atoms with Crippen molar-refractivity contribution in [2.24, 2.45) is 0 Å². The van der Waals surface area contributed by atoms with Crippen LogP contribution in [0.15, 0.2) is 218 Å². The first-order chi connectivity index (χ1) is 27.8. The van der Waals surface area contributed by atoms with Crippen LogP contribution in [-0.2, 0) is 0 Å². The Morgan fingerprint density at radius 2 is 0.875 bits per heavy atom. The number of anilines is 3. The number of fused-ring (bicyclic) bond motifs is 6. The molecule has 11 aromatic rings. The highest BCUT2D eigenvalue weighted by Crippen LogP contribution is 2.44. The molecule has 0 amide bonds. The summed E-state index contributed by atoms with van der Waals surface area (Å²) in [5.74, 6) is 0. The zero-order valence-electron chi connectivity index (χ0n) is 30.7. The van der Waals surface area contributed by atoms with E-state index in [2.05, 4.69) is 228 Å². The summed E-state index contributed by atoms with van der Waals surface area (Å²) in [6, 6.07) is 79.6. The normalized spacial score (nSPS) is 11.6. The van der Waals surface area contributed by atoms with E-state index < -0.39 is 0 Å². The maximum atomic E-state index is 2.43. The highest BCUT2D eigenvalue weighted by atomic mass is 15.1. The zero-order chi connectivity index (χ0) is 37.0. The Labute approximate surface area is 325 Å². The molecule has 0 N–H and O–H groups in total. The lowest BCUT2D eigenvalue weighted by atomic mass is 9.94. The molecule has 0 saturated carbocycles. The lowest BCUT2D eigenvalue weighted by Gasteiger charge is -2.28. The Morgan fingerprint density at radius 1 is 0.304 bits per heavy atom. The van der Waals surface area contributed by atoms with Crippen LogP contribution in [0.25, 0.3) is 82.1 Å². The molecule has 2 nitrogen and oxygen atoms in total. The molecule has 0 aliphatic carbocycles. The van der Waals surface area contributed by atoms with E-state index in [1.165, 1.54) is 76.4 Å². The van der Waals surface area contributed by atoms with Gasteiger partial charge in [-0.15, -0.1) is 0 Å². The first-order valence-corrected chi connectivity index (χ1v) is 19.3. The summed E-state index contributed by atoms with van der Waals surface area (Å²) in [6.07, 6.45) is 0. The molecule has 0 spiro atoms. The molecule has 0 aliphatic heterocycles.